The number of carbonyl (C=O) groups excluding carboxylic acids is 1. The zero-order valence-corrected chi connectivity index (χ0v) is 14.4. The lowest BCUT2D eigenvalue weighted by Crippen LogP contribution is -2.27. The number of hydrogen-bond acceptors (Lipinski definition) is 2. The van der Waals surface area contributed by atoms with Gasteiger partial charge >= 0.3 is 0 Å². The highest BCUT2D eigenvalue weighted by Gasteiger charge is 2.30. The van der Waals surface area contributed by atoms with Crippen LogP contribution in [0.3, 0.4) is 0 Å². The highest BCUT2D eigenvalue weighted by molar-refractivity contribution is 5.66. The van der Waals surface area contributed by atoms with Gasteiger partial charge in [-0.05, 0) is 61.8 Å². The van der Waals surface area contributed by atoms with Crippen molar-refractivity contribution in [3.8, 4) is 0 Å². The van der Waals surface area contributed by atoms with Gasteiger partial charge in [0.1, 0.15) is 6.29 Å². The number of allylic oxidation sites excluding steroid dienone is 9. The van der Waals surface area contributed by atoms with Gasteiger partial charge in [0.25, 0.3) is 0 Å². The number of aldehydes is 1. The molecule has 2 nitrogen and oxygen atoms in total. The van der Waals surface area contributed by atoms with Crippen molar-refractivity contribution >= 4 is 6.29 Å². The first-order valence-corrected chi connectivity index (χ1v) is 7.82. The lowest BCUT2D eigenvalue weighted by Gasteiger charge is -2.35. The summed E-state index contributed by atoms with van der Waals surface area (Å²) in [4.78, 5) is 10.3. The van der Waals surface area contributed by atoms with Crippen LogP contribution in [-0.4, -0.2) is 17.5 Å². The minimum atomic E-state index is -0.312. The molecule has 0 aliphatic heterocycles. The van der Waals surface area contributed by atoms with Crippen LogP contribution in [0, 0.1) is 5.41 Å². The molecule has 22 heavy (non-hydrogen) atoms. The summed E-state index contributed by atoms with van der Waals surface area (Å²) < 4.78 is 0. The average molecular weight is 300 g/mol. The molecule has 0 fully saturated rings. The highest BCUT2D eigenvalue weighted by Crippen LogP contribution is 2.40. The van der Waals surface area contributed by atoms with E-state index in [1.165, 1.54) is 11.6 Å². The monoisotopic (exact) mass is 300 g/mol. The van der Waals surface area contributed by atoms with Crippen molar-refractivity contribution in [2.24, 2.45) is 5.41 Å². The maximum absolute atomic E-state index is 10.3. The number of aliphatic hydroxyl groups excluding tert-OH is 1. The van der Waals surface area contributed by atoms with Crippen LogP contribution in [0.5, 0.6) is 0 Å². The van der Waals surface area contributed by atoms with Crippen LogP contribution in [0.1, 0.15) is 47.5 Å². The Hall–Kier alpha value is -1.67. The maximum atomic E-state index is 10.3. The first-order valence-electron chi connectivity index (χ1n) is 7.82. The molecule has 0 saturated heterocycles. The topological polar surface area (TPSA) is 37.3 Å². The molecule has 1 aliphatic rings. The van der Waals surface area contributed by atoms with Crippen molar-refractivity contribution in [1.29, 1.82) is 0 Å². The first kappa shape index (κ1) is 18.4. The Kier molecular flexibility index (Phi) is 6.76. The van der Waals surface area contributed by atoms with Crippen LogP contribution >= 0.6 is 0 Å². The number of rotatable bonds is 5. The summed E-state index contributed by atoms with van der Waals surface area (Å²) in [6, 6.07) is 0. The van der Waals surface area contributed by atoms with E-state index in [-0.39, 0.29) is 11.5 Å². The standard InChI is InChI=1S/C20H28O2/c1-15(7-6-8-16(2)12-14-21)9-10-18-17(3)19(22)11-13-20(18,4)5/h6-10,12,14,19,22H,11,13H2,1-5H3/b8-6+,10-9+,15-7+,16-12-/t19-/m0/s1. The zero-order valence-electron chi connectivity index (χ0n) is 14.4. The zero-order chi connectivity index (χ0) is 16.8. The van der Waals surface area contributed by atoms with Crippen molar-refractivity contribution in [3.63, 3.8) is 0 Å². The van der Waals surface area contributed by atoms with E-state index in [2.05, 4.69) is 26.0 Å². The van der Waals surface area contributed by atoms with Crippen LogP contribution in [0.2, 0.25) is 0 Å². The average Bonchev–Trinajstić information content (AvgIpc) is 2.43. The molecule has 0 aromatic carbocycles. The molecule has 120 valence electrons. The molecular weight excluding hydrogens is 272 g/mol. The summed E-state index contributed by atoms with van der Waals surface area (Å²) >= 11 is 0. The van der Waals surface area contributed by atoms with Crippen LogP contribution in [0.25, 0.3) is 0 Å². The minimum absolute atomic E-state index is 0.110. The smallest absolute Gasteiger partial charge is 0.143 e. The molecule has 0 unspecified atom stereocenters. The molecule has 0 amide bonds. The Labute approximate surface area is 134 Å². The van der Waals surface area contributed by atoms with Gasteiger partial charge in [-0.2, -0.15) is 0 Å². The van der Waals surface area contributed by atoms with E-state index < -0.39 is 0 Å². The van der Waals surface area contributed by atoms with Crippen LogP contribution in [0.4, 0.5) is 0 Å². The molecule has 2 heteroatoms. The fourth-order valence-electron chi connectivity index (χ4n) is 2.70. The molecule has 0 bridgehead atoms. The van der Waals surface area contributed by atoms with Crippen molar-refractivity contribution in [3.05, 3.63) is 58.7 Å². The predicted molar refractivity (Wildman–Crippen MR) is 93.6 cm³/mol. The van der Waals surface area contributed by atoms with Crippen LogP contribution in [-0.2, 0) is 4.79 Å². The quantitative estimate of drug-likeness (QED) is 0.454. The molecule has 0 saturated carbocycles. The Balaban J connectivity index is 2.88. The van der Waals surface area contributed by atoms with Gasteiger partial charge in [0.05, 0.1) is 6.10 Å². The molecule has 0 radical (unpaired) electrons. The lowest BCUT2D eigenvalue weighted by molar-refractivity contribution is -0.104. The third-order valence-electron chi connectivity index (χ3n) is 4.26. The predicted octanol–water partition coefficient (Wildman–Crippen LogP) is 4.69. The highest BCUT2D eigenvalue weighted by atomic mass is 16.3. The van der Waals surface area contributed by atoms with Crippen LogP contribution < -0.4 is 0 Å². The van der Waals surface area contributed by atoms with Gasteiger partial charge in [-0.3, -0.25) is 4.79 Å². The summed E-state index contributed by atoms with van der Waals surface area (Å²) in [5.74, 6) is 0. The summed E-state index contributed by atoms with van der Waals surface area (Å²) in [6.07, 6.45) is 13.9. The Bertz CT molecular complexity index is 554. The summed E-state index contributed by atoms with van der Waals surface area (Å²) in [7, 11) is 0. The molecule has 0 spiro atoms. The fraction of sp³-hybridized carbons (Fsp3) is 0.450. The molecule has 1 aliphatic carbocycles. The van der Waals surface area contributed by atoms with Gasteiger partial charge in [-0.1, -0.05) is 49.8 Å². The Morgan fingerprint density at radius 1 is 1.18 bits per heavy atom. The van der Waals surface area contributed by atoms with Gasteiger partial charge < -0.3 is 5.11 Å². The van der Waals surface area contributed by atoms with E-state index in [0.29, 0.717) is 0 Å². The number of hydrogen-bond donors (Lipinski definition) is 1. The van der Waals surface area contributed by atoms with E-state index in [1.54, 1.807) is 0 Å². The van der Waals surface area contributed by atoms with Gasteiger partial charge in [-0.25, -0.2) is 0 Å². The molecule has 1 rings (SSSR count). The second kappa shape index (κ2) is 8.09. The van der Waals surface area contributed by atoms with E-state index in [0.717, 1.165) is 35.8 Å². The molecule has 0 aromatic rings. The molecule has 1 atom stereocenters. The third kappa shape index (κ3) is 5.27. The van der Waals surface area contributed by atoms with E-state index in [4.69, 9.17) is 0 Å². The Morgan fingerprint density at radius 2 is 1.82 bits per heavy atom. The van der Waals surface area contributed by atoms with Gasteiger partial charge in [-0.15, -0.1) is 0 Å². The van der Waals surface area contributed by atoms with Crippen molar-refractivity contribution in [2.75, 3.05) is 0 Å². The summed E-state index contributed by atoms with van der Waals surface area (Å²) in [5.41, 5.74) is 4.49. The van der Waals surface area contributed by atoms with Crippen molar-refractivity contribution in [1.82, 2.24) is 0 Å². The largest absolute Gasteiger partial charge is 0.389 e. The van der Waals surface area contributed by atoms with E-state index in [1.807, 2.05) is 39.0 Å². The van der Waals surface area contributed by atoms with Gasteiger partial charge in [0.15, 0.2) is 0 Å². The SMILES string of the molecule is CC1=C(/C=C/C(C)=C/C=C/C(C)=C\C=O)C(C)(C)CC[C@@H]1O. The van der Waals surface area contributed by atoms with Crippen LogP contribution in [0.15, 0.2) is 58.7 Å². The molecule has 1 N–H and O–H groups in total. The number of carbonyl (C=O) groups is 1. The van der Waals surface area contributed by atoms with E-state index in [9.17, 15) is 9.90 Å². The van der Waals surface area contributed by atoms with Crippen molar-refractivity contribution in [2.45, 2.75) is 53.6 Å². The molecular formula is C20H28O2. The summed E-state index contributed by atoms with van der Waals surface area (Å²) in [6.45, 7) is 10.4. The second-order valence-corrected chi connectivity index (χ2v) is 6.68. The fourth-order valence-corrected chi connectivity index (χ4v) is 2.70. The number of aliphatic hydroxyl groups is 1. The van der Waals surface area contributed by atoms with Crippen molar-refractivity contribution < 1.29 is 9.90 Å². The minimum Gasteiger partial charge on any atom is -0.389 e. The first-order chi connectivity index (χ1) is 10.3. The van der Waals surface area contributed by atoms with Gasteiger partial charge in [0.2, 0.25) is 0 Å². The second-order valence-electron chi connectivity index (χ2n) is 6.68. The van der Waals surface area contributed by atoms with Gasteiger partial charge in [0, 0.05) is 0 Å². The molecule has 0 aromatic heterocycles. The van der Waals surface area contributed by atoms with E-state index >= 15 is 0 Å². The normalized spacial score (nSPS) is 23.6. The lowest BCUT2D eigenvalue weighted by atomic mass is 9.71. The third-order valence-corrected chi connectivity index (χ3v) is 4.26. The Morgan fingerprint density at radius 3 is 2.45 bits per heavy atom. The molecule has 0 heterocycles. The maximum Gasteiger partial charge on any atom is 0.143 e. The summed E-state index contributed by atoms with van der Waals surface area (Å²) in [5, 5.41) is 10.0.